The maximum atomic E-state index is 10.7. The maximum absolute atomic E-state index is 10.7. The number of nitrogens with one attached hydrogen (secondary N) is 1. The second-order valence-corrected chi connectivity index (χ2v) is 8.77. The minimum absolute atomic E-state index is 0.149. The monoisotopic (exact) mass is 454 g/mol. The summed E-state index contributed by atoms with van der Waals surface area (Å²) in [4.78, 5) is 6.66. The van der Waals surface area contributed by atoms with Crippen LogP contribution in [0.15, 0.2) is 85.1 Å². The summed E-state index contributed by atoms with van der Waals surface area (Å²) >= 11 is 5.79. The van der Waals surface area contributed by atoms with Crippen molar-refractivity contribution in [2.24, 2.45) is 0 Å². The third kappa shape index (κ3) is 3.87. The zero-order valence-electron chi connectivity index (χ0n) is 18.6. The van der Waals surface area contributed by atoms with Gasteiger partial charge in [0, 0.05) is 24.1 Å². The van der Waals surface area contributed by atoms with Crippen molar-refractivity contribution < 1.29 is 5.11 Å². The van der Waals surface area contributed by atoms with Crippen molar-refractivity contribution in [2.45, 2.75) is 32.5 Å². The number of phenolic OH excluding ortho intramolecular Hbond substituents is 1. The van der Waals surface area contributed by atoms with E-state index in [1.807, 2.05) is 47.4 Å². The molecule has 1 aliphatic heterocycles. The normalized spacial score (nSPS) is 17.9. The Morgan fingerprint density at radius 3 is 2.42 bits per heavy atom. The fourth-order valence-electron chi connectivity index (χ4n) is 4.73. The molecule has 0 aliphatic carbocycles. The van der Waals surface area contributed by atoms with Gasteiger partial charge in [-0.25, -0.2) is 0 Å². The largest absolute Gasteiger partial charge is 0.506 e. The van der Waals surface area contributed by atoms with Crippen molar-refractivity contribution in [1.29, 1.82) is 0 Å². The zero-order chi connectivity index (χ0) is 22.9. The summed E-state index contributed by atoms with van der Waals surface area (Å²) < 4.78 is 2.34. The number of phenols is 1. The van der Waals surface area contributed by atoms with Gasteiger partial charge in [-0.15, -0.1) is 0 Å². The minimum atomic E-state index is -0.156. The first-order valence-electron chi connectivity index (χ1n) is 11.0. The number of anilines is 1. The Balaban J connectivity index is 1.64. The van der Waals surface area contributed by atoms with Crippen LogP contribution in [-0.4, -0.2) is 19.8 Å². The van der Waals surface area contributed by atoms with Crippen molar-refractivity contribution in [3.63, 3.8) is 0 Å². The van der Waals surface area contributed by atoms with E-state index >= 15 is 0 Å². The van der Waals surface area contributed by atoms with E-state index in [0.717, 1.165) is 17.8 Å². The van der Waals surface area contributed by atoms with E-state index in [1.165, 1.54) is 17.0 Å². The highest BCUT2D eigenvalue weighted by molar-refractivity contribution is 7.80. The molecule has 33 heavy (non-hydrogen) atoms. The molecule has 5 nitrogen and oxygen atoms in total. The number of para-hydroxylation sites is 2. The van der Waals surface area contributed by atoms with E-state index < -0.39 is 0 Å². The highest BCUT2D eigenvalue weighted by atomic mass is 32.1. The molecule has 2 N–H and O–H groups in total. The van der Waals surface area contributed by atoms with Crippen molar-refractivity contribution in [1.82, 2.24) is 14.9 Å². The number of nitrogens with zero attached hydrogens (tertiary/aromatic N) is 3. The molecule has 4 aromatic rings. The number of benzene rings is 2. The molecule has 0 unspecified atom stereocenters. The van der Waals surface area contributed by atoms with Crippen LogP contribution >= 0.6 is 12.2 Å². The Labute approximate surface area is 199 Å². The highest BCUT2D eigenvalue weighted by Gasteiger charge is 2.42. The zero-order valence-corrected chi connectivity index (χ0v) is 19.5. The molecule has 0 spiro atoms. The number of hydrogen-bond acceptors (Lipinski definition) is 3. The fourth-order valence-corrected chi connectivity index (χ4v) is 5.07. The van der Waals surface area contributed by atoms with E-state index in [0.29, 0.717) is 10.8 Å². The first kappa shape index (κ1) is 21.2. The second kappa shape index (κ2) is 8.71. The minimum Gasteiger partial charge on any atom is -0.506 e. The van der Waals surface area contributed by atoms with Crippen molar-refractivity contribution in [3.05, 3.63) is 113 Å². The Kier molecular flexibility index (Phi) is 5.60. The van der Waals surface area contributed by atoms with Crippen LogP contribution in [0, 0.1) is 13.8 Å². The van der Waals surface area contributed by atoms with E-state index in [2.05, 4.69) is 59.0 Å². The molecule has 1 fully saturated rings. The number of aromatic hydroxyl groups is 1. The molecular weight excluding hydrogens is 428 g/mol. The average molecular weight is 455 g/mol. The SMILES string of the molecule is Cc1cc([C@H]2[C@H](c3ccccn3)NC(=S)N2c2ccccc2O)c(C)n1Cc1ccccc1. The van der Waals surface area contributed by atoms with Crippen LogP contribution in [0.2, 0.25) is 0 Å². The van der Waals surface area contributed by atoms with Gasteiger partial charge in [0.25, 0.3) is 0 Å². The van der Waals surface area contributed by atoms with Crippen LogP contribution < -0.4 is 10.2 Å². The summed E-state index contributed by atoms with van der Waals surface area (Å²) in [6.07, 6.45) is 1.80. The lowest BCUT2D eigenvalue weighted by Gasteiger charge is -2.28. The Morgan fingerprint density at radius 2 is 1.70 bits per heavy atom. The molecular formula is C27H26N4OS. The van der Waals surface area contributed by atoms with Crippen molar-refractivity contribution >= 4 is 23.0 Å². The summed E-state index contributed by atoms with van der Waals surface area (Å²) in [7, 11) is 0. The van der Waals surface area contributed by atoms with Crippen LogP contribution in [0.3, 0.4) is 0 Å². The van der Waals surface area contributed by atoms with Gasteiger partial charge >= 0.3 is 0 Å². The fraction of sp³-hybridized carbons (Fsp3) is 0.185. The van der Waals surface area contributed by atoms with Crippen LogP contribution in [0.4, 0.5) is 5.69 Å². The molecule has 6 heteroatoms. The topological polar surface area (TPSA) is 53.3 Å². The van der Waals surface area contributed by atoms with Crippen LogP contribution in [-0.2, 0) is 6.54 Å². The number of aromatic nitrogens is 2. The highest BCUT2D eigenvalue weighted by Crippen LogP contribution is 2.45. The first-order valence-corrected chi connectivity index (χ1v) is 11.4. The molecule has 2 atom stereocenters. The molecule has 0 bridgehead atoms. The van der Waals surface area contributed by atoms with Gasteiger partial charge < -0.3 is 19.9 Å². The summed E-state index contributed by atoms with van der Waals surface area (Å²) in [5, 5.41) is 14.7. The van der Waals surface area contributed by atoms with Crippen LogP contribution in [0.1, 0.15) is 40.3 Å². The van der Waals surface area contributed by atoms with Crippen LogP contribution in [0.5, 0.6) is 5.75 Å². The molecule has 0 amide bonds. The number of rotatable bonds is 5. The number of aryl methyl sites for hydroxylation is 1. The lowest BCUT2D eigenvalue weighted by Crippen LogP contribution is -2.29. The molecule has 1 aliphatic rings. The van der Waals surface area contributed by atoms with E-state index in [9.17, 15) is 5.11 Å². The molecule has 166 valence electrons. The summed E-state index contributed by atoms with van der Waals surface area (Å²) in [5.41, 5.74) is 6.37. The average Bonchev–Trinajstić information content (AvgIpc) is 3.31. The summed E-state index contributed by atoms with van der Waals surface area (Å²) in [6.45, 7) is 5.10. The summed E-state index contributed by atoms with van der Waals surface area (Å²) in [5.74, 6) is 0.200. The molecule has 0 saturated carbocycles. The second-order valence-electron chi connectivity index (χ2n) is 8.38. The molecule has 3 heterocycles. The van der Waals surface area contributed by atoms with Gasteiger partial charge in [0.15, 0.2) is 5.11 Å². The predicted octanol–water partition coefficient (Wildman–Crippen LogP) is 5.43. The maximum Gasteiger partial charge on any atom is 0.174 e. The molecule has 1 saturated heterocycles. The van der Waals surface area contributed by atoms with E-state index in [-0.39, 0.29) is 17.8 Å². The van der Waals surface area contributed by atoms with E-state index in [4.69, 9.17) is 12.2 Å². The Bertz CT molecular complexity index is 1290. The Hall–Kier alpha value is -3.64. The van der Waals surface area contributed by atoms with E-state index in [1.54, 1.807) is 12.3 Å². The standard InChI is InChI=1S/C27H26N4OS/c1-18-16-21(19(2)30(18)17-20-10-4-3-5-11-20)26-25(22-12-8-9-15-28-22)29-27(33)31(26)23-13-6-7-14-24(23)32/h3-16,25-26,32H,17H2,1-2H3,(H,29,33)/t25-,26-/m0/s1. The quantitative estimate of drug-likeness (QED) is 0.394. The van der Waals surface area contributed by atoms with Crippen molar-refractivity contribution in [3.8, 4) is 5.75 Å². The Morgan fingerprint density at radius 1 is 0.970 bits per heavy atom. The van der Waals surface area contributed by atoms with Gasteiger partial charge in [-0.1, -0.05) is 48.5 Å². The number of hydrogen-bond donors (Lipinski definition) is 2. The lowest BCUT2D eigenvalue weighted by atomic mass is 9.96. The van der Waals surface area contributed by atoms with Crippen molar-refractivity contribution in [2.75, 3.05) is 4.90 Å². The molecule has 5 rings (SSSR count). The summed E-state index contributed by atoms with van der Waals surface area (Å²) in [6, 6.07) is 25.7. The smallest absolute Gasteiger partial charge is 0.174 e. The van der Waals surface area contributed by atoms with Gasteiger partial charge in [0.05, 0.1) is 23.5 Å². The van der Waals surface area contributed by atoms with Gasteiger partial charge in [-0.3, -0.25) is 4.98 Å². The third-order valence-corrected chi connectivity index (χ3v) is 6.67. The van der Waals surface area contributed by atoms with Gasteiger partial charge in [0.2, 0.25) is 0 Å². The number of pyridine rings is 1. The van der Waals surface area contributed by atoms with Gasteiger partial charge in [0.1, 0.15) is 5.75 Å². The van der Waals surface area contributed by atoms with Crippen LogP contribution in [0.25, 0.3) is 0 Å². The lowest BCUT2D eigenvalue weighted by molar-refractivity contribution is 0.472. The molecule has 2 aromatic heterocycles. The predicted molar refractivity (Wildman–Crippen MR) is 135 cm³/mol. The molecule has 2 aromatic carbocycles. The third-order valence-electron chi connectivity index (χ3n) is 6.35. The van der Waals surface area contributed by atoms with Gasteiger partial charge in [-0.05, 0) is 67.5 Å². The molecule has 0 radical (unpaired) electrons. The number of thiocarbonyl (C=S) groups is 1. The first-order chi connectivity index (χ1) is 16.0. The van der Waals surface area contributed by atoms with Gasteiger partial charge in [-0.2, -0.15) is 0 Å².